The van der Waals surface area contributed by atoms with Gasteiger partial charge in [-0.05, 0) is 93.8 Å². The molecular weight excluding hydrogens is 480 g/mol. The average molecular weight is 527 g/mol. The summed E-state index contributed by atoms with van der Waals surface area (Å²) in [5, 5.41) is 1.89. The third-order valence-electron chi connectivity index (χ3n) is 5.22. The van der Waals surface area contributed by atoms with Gasteiger partial charge in [-0.1, -0.05) is 96.1 Å². The summed E-state index contributed by atoms with van der Waals surface area (Å²) in [6.45, 7) is 17.6. The van der Waals surface area contributed by atoms with E-state index in [1.807, 2.05) is 75.6 Å². The molecule has 1 aliphatic rings. The normalized spacial score (nSPS) is 14.3. The van der Waals surface area contributed by atoms with E-state index in [1.165, 1.54) is 39.0 Å². The summed E-state index contributed by atoms with van der Waals surface area (Å²) in [5.74, 6) is 0.387. The third-order valence-corrected chi connectivity index (χ3v) is 5.60. The van der Waals surface area contributed by atoms with Crippen LogP contribution < -0.4 is 11.5 Å². The van der Waals surface area contributed by atoms with Crippen LogP contribution >= 0.6 is 12.6 Å². The van der Waals surface area contributed by atoms with E-state index < -0.39 is 0 Å². The summed E-state index contributed by atoms with van der Waals surface area (Å²) in [5.41, 5.74) is 20.8. The van der Waals surface area contributed by atoms with Crippen molar-refractivity contribution in [1.82, 2.24) is 0 Å². The molecule has 0 aromatic heterocycles. The Morgan fingerprint density at radius 2 is 1.42 bits per heavy atom. The lowest BCUT2D eigenvalue weighted by Gasteiger charge is -2.15. The molecule has 0 saturated carbocycles. The fourth-order valence-electron chi connectivity index (χ4n) is 3.62. The van der Waals surface area contributed by atoms with E-state index in [2.05, 4.69) is 88.5 Å². The molecular formula is C35H46N2S. The summed E-state index contributed by atoms with van der Waals surface area (Å²) in [6, 6.07) is 26.9. The predicted octanol–water partition coefficient (Wildman–Crippen LogP) is 9.67. The molecule has 3 aromatic rings. The van der Waals surface area contributed by atoms with Gasteiger partial charge in [-0.2, -0.15) is 12.6 Å². The third kappa shape index (κ3) is 12.8. The van der Waals surface area contributed by atoms with E-state index >= 15 is 0 Å². The van der Waals surface area contributed by atoms with Crippen LogP contribution in [0, 0.1) is 6.92 Å². The molecule has 1 aliphatic carbocycles. The minimum absolute atomic E-state index is 0. The fourth-order valence-corrected chi connectivity index (χ4v) is 3.76. The van der Waals surface area contributed by atoms with Gasteiger partial charge in [0.15, 0.2) is 0 Å². The van der Waals surface area contributed by atoms with Crippen molar-refractivity contribution in [2.75, 3.05) is 5.73 Å². The summed E-state index contributed by atoms with van der Waals surface area (Å²) < 4.78 is 0. The monoisotopic (exact) mass is 526 g/mol. The number of hydrogen-bond acceptors (Lipinski definition) is 3. The molecule has 4 rings (SSSR count). The van der Waals surface area contributed by atoms with Crippen molar-refractivity contribution in [2.45, 2.75) is 59.9 Å². The molecule has 0 heterocycles. The number of anilines is 1. The number of nitrogens with two attached hydrogens (primary N) is 2. The number of hydrogen-bond donors (Lipinski definition) is 3. The Morgan fingerprint density at radius 3 is 1.92 bits per heavy atom. The maximum Gasteiger partial charge on any atom is 0.0314 e. The average Bonchev–Trinajstić information content (AvgIpc) is 3.26. The highest BCUT2D eigenvalue weighted by atomic mass is 32.1. The second-order valence-electron chi connectivity index (χ2n) is 10.5. The Hall–Kier alpha value is -3.27. The van der Waals surface area contributed by atoms with E-state index in [9.17, 15) is 0 Å². The zero-order chi connectivity index (χ0) is 28.7. The van der Waals surface area contributed by atoms with Crippen LogP contribution in [0.2, 0.25) is 0 Å². The van der Waals surface area contributed by atoms with Crippen molar-refractivity contribution in [3.05, 3.63) is 137 Å². The molecule has 3 aromatic carbocycles. The SMILES string of the molecule is C=CC.CC(C)(C)N.CC1=CC(c2cccc(C)c2)C(/C(C)=C/S)=C1.Nc1ccc(-c2ccccc2)cc1. The van der Waals surface area contributed by atoms with Crippen LogP contribution in [-0.4, -0.2) is 5.54 Å². The highest BCUT2D eigenvalue weighted by Crippen LogP contribution is 2.37. The smallest absolute Gasteiger partial charge is 0.0314 e. The summed E-state index contributed by atoms with van der Waals surface area (Å²) in [6.07, 6.45) is 6.33. The number of nitrogen functional groups attached to an aromatic ring is 1. The van der Waals surface area contributed by atoms with Crippen LogP contribution in [0.4, 0.5) is 5.69 Å². The topological polar surface area (TPSA) is 52.0 Å². The van der Waals surface area contributed by atoms with Crippen molar-refractivity contribution in [3.63, 3.8) is 0 Å². The molecule has 38 heavy (non-hydrogen) atoms. The first kappa shape index (κ1) is 32.8. The van der Waals surface area contributed by atoms with Crippen LogP contribution in [-0.2, 0) is 0 Å². The predicted molar refractivity (Wildman–Crippen MR) is 175 cm³/mol. The fraction of sp³-hybridized carbons (Fsp3) is 0.257. The summed E-state index contributed by atoms with van der Waals surface area (Å²) >= 11 is 4.27. The molecule has 0 amide bonds. The lowest BCUT2D eigenvalue weighted by molar-refractivity contribution is 0.580. The highest BCUT2D eigenvalue weighted by Gasteiger charge is 2.20. The van der Waals surface area contributed by atoms with Gasteiger partial charge in [0.05, 0.1) is 0 Å². The van der Waals surface area contributed by atoms with Gasteiger partial charge in [0, 0.05) is 17.1 Å². The number of thiol groups is 1. The molecule has 1 unspecified atom stereocenters. The second-order valence-corrected chi connectivity index (χ2v) is 10.7. The Labute approximate surface area is 237 Å². The first-order valence-electron chi connectivity index (χ1n) is 12.9. The van der Waals surface area contributed by atoms with E-state index in [0.29, 0.717) is 5.92 Å². The van der Waals surface area contributed by atoms with Crippen molar-refractivity contribution in [3.8, 4) is 11.1 Å². The molecule has 1 atom stereocenters. The van der Waals surface area contributed by atoms with Crippen molar-refractivity contribution in [1.29, 1.82) is 0 Å². The summed E-state index contributed by atoms with van der Waals surface area (Å²) in [7, 11) is 0. The molecule has 0 saturated heterocycles. The minimum atomic E-state index is 0. The molecule has 0 radical (unpaired) electrons. The van der Waals surface area contributed by atoms with Gasteiger partial charge in [0.2, 0.25) is 0 Å². The van der Waals surface area contributed by atoms with Crippen LogP contribution in [0.3, 0.4) is 0 Å². The van der Waals surface area contributed by atoms with Gasteiger partial charge in [-0.3, -0.25) is 0 Å². The van der Waals surface area contributed by atoms with E-state index in [-0.39, 0.29) is 5.54 Å². The molecule has 0 bridgehead atoms. The Morgan fingerprint density at radius 1 is 0.895 bits per heavy atom. The quantitative estimate of drug-likeness (QED) is 0.181. The second kappa shape index (κ2) is 16.5. The van der Waals surface area contributed by atoms with Gasteiger partial charge in [0.1, 0.15) is 0 Å². The van der Waals surface area contributed by atoms with Crippen LogP contribution in [0.5, 0.6) is 0 Å². The molecule has 0 fully saturated rings. The maximum atomic E-state index is 5.60. The number of aryl methyl sites for hydroxylation is 1. The molecule has 0 spiro atoms. The van der Waals surface area contributed by atoms with E-state index in [1.54, 1.807) is 6.08 Å². The Kier molecular flexibility index (Phi) is 14.3. The first-order chi connectivity index (χ1) is 17.9. The minimum Gasteiger partial charge on any atom is -0.399 e. The van der Waals surface area contributed by atoms with Crippen LogP contribution in [0.25, 0.3) is 11.1 Å². The Balaban J connectivity index is 0.000000303. The number of rotatable bonds is 3. The molecule has 202 valence electrons. The maximum absolute atomic E-state index is 5.60. The van der Waals surface area contributed by atoms with Gasteiger partial charge < -0.3 is 11.5 Å². The molecule has 0 aliphatic heterocycles. The molecule has 4 N–H and O–H groups in total. The largest absolute Gasteiger partial charge is 0.399 e. The molecule has 3 heteroatoms. The number of benzene rings is 3. The summed E-state index contributed by atoms with van der Waals surface area (Å²) in [4.78, 5) is 0. The highest BCUT2D eigenvalue weighted by molar-refractivity contribution is 7.83. The van der Waals surface area contributed by atoms with Crippen molar-refractivity contribution in [2.24, 2.45) is 5.73 Å². The van der Waals surface area contributed by atoms with Gasteiger partial charge in [0.25, 0.3) is 0 Å². The van der Waals surface area contributed by atoms with Crippen molar-refractivity contribution >= 4 is 18.3 Å². The van der Waals surface area contributed by atoms with Gasteiger partial charge in [-0.25, -0.2) is 0 Å². The molecule has 2 nitrogen and oxygen atoms in total. The van der Waals surface area contributed by atoms with E-state index in [0.717, 1.165) is 5.69 Å². The first-order valence-corrected chi connectivity index (χ1v) is 13.5. The van der Waals surface area contributed by atoms with Gasteiger partial charge in [-0.15, -0.1) is 6.58 Å². The Bertz CT molecular complexity index is 1200. The lowest BCUT2D eigenvalue weighted by atomic mass is 9.89. The van der Waals surface area contributed by atoms with Crippen molar-refractivity contribution < 1.29 is 0 Å². The van der Waals surface area contributed by atoms with E-state index in [4.69, 9.17) is 11.5 Å². The zero-order valence-corrected chi connectivity index (χ0v) is 25.1. The lowest BCUT2D eigenvalue weighted by Crippen LogP contribution is -2.26. The standard InChI is InChI=1S/C16H18S.C12H11N.C4H11N.C3H6/c1-11-5-4-6-14(7-11)16-9-12(2)8-15(16)13(3)10-17;13-12-8-6-11(7-9-12)10-4-2-1-3-5-10;1-4(2,3)5;1-3-2/h4-10,16-17H,1-3H3;1-9H,13H2;5H2,1-3H3;3H,1H2,2H3/b13-10+;;;. The number of allylic oxidation sites excluding steroid dienone is 6. The zero-order valence-electron chi connectivity index (χ0n) is 24.2. The van der Waals surface area contributed by atoms with Gasteiger partial charge >= 0.3 is 0 Å². The van der Waals surface area contributed by atoms with Crippen LogP contribution in [0.15, 0.2) is 126 Å². The van der Waals surface area contributed by atoms with Crippen LogP contribution in [0.1, 0.15) is 58.6 Å².